The number of fused-ring (bicyclic) bond motifs is 1. The van der Waals surface area contributed by atoms with Crippen molar-refractivity contribution < 1.29 is 18.7 Å². The molecule has 1 N–H and O–H groups in total. The molecule has 5 nitrogen and oxygen atoms in total. The Morgan fingerprint density at radius 1 is 1.12 bits per heavy atom. The lowest BCUT2D eigenvalue weighted by Crippen LogP contribution is -2.46. The van der Waals surface area contributed by atoms with E-state index in [0.717, 1.165) is 50.6 Å². The van der Waals surface area contributed by atoms with Crippen molar-refractivity contribution in [2.45, 2.75) is 44.6 Å². The maximum absolute atomic E-state index is 13.5. The van der Waals surface area contributed by atoms with Crippen LogP contribution in [0.15, 0.2) is 18.2 Å². The first-order chi connectivity index (χ1) is 12.6. The number of rotatable bonds is 3. The summed E-state index contributed by atoms with van der Waals surface area (Å²) in [6, 6.07) is 4.32. The average molecular weight is 360 g/mol. The van der Waals surface area contributed by atoms with Gasteiger partial charge in [-0.15, -0.1) is 0 Å². The van der Waals surface area contributed by atoms with Crippen LogP contribution >= 0.6 is 0 Å². The van der Waals surface area contributed by atoms with Gasteiger partial charge in [0.15, 0.2) is 0 Å². The van der Waals surface area contributed by atoms with Gasteiger partial charge in [0.25, 0.3) is 0 Å². The normalized spacial score (nSPS) is 25.7. The van der Waals surface area contributed by atoms with Crippen LogP contribution in [0.4, 0.5) is 4.39 Å². The number of carbonyl (C=O) groups excluding carboxylic acids is 2. The SMILES string of the molecule is O=C(N[C@H]1CCCOc2cc(F)ccc21)[C@H]1CCCN(C(=O)C2CC2)C1. The van der Waals surface area contributed by atoms with Gasteiger partial charge in [0.05, 0.1) is 18.6 Å². The first-order valence-electron chi connectivity index (χ1n) is 9.63. The van der Waals surface area contributed by atoms with E-state index < -0.39 is 0 Å². The minimum Gasteiger partial charge on any atom is -0.493 e. The Bertz CT molecular complexity index is 704. The summed E-state index contributed by atoms with van der Waals surface area (Å²) in [7, 11) is 0. The van der Waals surface area contributed by atoms with E-state index in [1.54, 1.807) is 6.07 Å². The van der Waals surface area contributed by atoms with Crippen LogP contribution < -0.4 is 10.1 Å². The summed E-state index contributed by atoms with van der Waals surface area (Å²) in [5.41, 5.74) is 0.832. The van der Waals surface area contributed by atoms with Gasteiger partial charge in [0.2, 0.25) is 11.8 Å². The standard InChI is InChI=1S/C20H25FN2O3/c21-15-7-8-16-17(4-2-10-26-18(16)11-15)22-19(24)14-3-1-9-23(12-14)20(25)13-5-6-13/h7-8,11,13-14,17H,1-6,9-10,12H2,(H,22,24)/t14-,17-/m0/s1. The molecule has 1 saturated carbocycles. The highest BCUT2D eigenvalue weighted by molar-refractivity contribution is 5.83. The molecule has 140 valence electrons. The predicted molar refractivity (Wildman–Crippen MR) is 94.0 cm³/mol. The van der Waals surface area contributed by atoms with Crippen LogP contribution in [0, 0.1) is 17.7 Å². The van der Waals surface area contributed by atoms with Gasteiger partial charge in [-0.25, -0.2) is 4.39 Å². The van der Waals surface area contributed by atoms with Gasteiger partial charge in [-0.1, -0.05) is 6.07 Å². The predicted octanol–water partition coefficient (Wildman–Crippen LogP) is 2.80. The van der Waals surface area contributed by atoms with Gasteiger partial charge < -0.3 is 15.0 Å². The Morgan fingerprint density at radius 3 is 2.77 bits per heavy atom. The number of likely N-dealkylation sites (tertiary alicyclic amines) is 1. The maximum Gasteiger partial charge on any atom is 0.225 e. The molecule has 0 radical (unpaired) electrons. The highest BCUT2D eigenvalue weighted by Crippen LogP contribution is 2.34. The van der Waals surface area contributed by atoms with E-state index in [0.29, 0.717) is 18.9 Å². The maximum atomic E-state index is 13.5. The number of hydrogen-bond acceptors (Lipinski definition) is 3. The first kappa shape index (κ1) is 17.3. The molecule has 2 fully saturated rings. The molecule has 3 aliphatic rings. The van der Waals surface area contributed by atoms with Crippen LogP contribution in [0.3, 0.4) is 0 Å². The van der Waals surface area contributed by atoms with Crippen LogP contribution in [-0.4, -0.2) is 36.4 Å². The largest absolute Gasteiger partial charge is 0.493 e. The summed E-state index contributed by atoms with van der Waals surface area (Å²) >= 11 is 0. The quantitative estimate of drug-likeness (QED) is 0.902. The van der Waals surface area contributed by atoms with Gasteiger partial charge in [-0.05, 0) is 44.6 Å². The highest BCUT2D eigenvalue weighted by atomic mass is 19.1. The summed E-state index contributed by atoms with van der Waals surface area (Å²) in [6.07, 6.45) is 5.22. The van der Waals surface area contributed by atoms with Crippen LogP contribution in [0.5, 0.6) is 5.75 Å². The minimum atomic E-state index is -0.336. The lowest BCUT2D eigenvalue weighted by molar-refractivity contribution is -0.137. The molecule has 1 saturated heterocycles. The van der Waals surface area contributed by atoms with E-state index in [1.165, 1.54) is 12.1 Å². The molecule has 2 aliphatic heterocycles. The van der Waals surface area contributed by atoms with E-state index in [4.69, 9.17) is 4.74 Å². The Hall–Kier alpha value is -2.11. The number of hydrogen-bond donors (Lipinski definition) is 1. The van der Waals surface area contributed by atoms with E-state index in [9.17, 15) is 14.0 Å². The second-order valence-electron chi connectivity index (χ2n) is 7.63. The smallest absolute Gasteiger partial charge is 0.225 e. The summed E-state index contributed by atoms with van der Waals surface area (Å²) in [5, 5.41) is 3.13. The molecule has 6 heteroatoms. The first-order valence-corrected chi connectivity index (χ1v) is 9.63. The van der Waals surface area contributed by atoms with Gasteiger partial charge in [-0.2, -0.15) is 0 Å². The molecule has 0 aromatic heterocycles. The van der Waals surface area contributed by atoms with E-state index in [-0.39, 0.29) is 35.5 Å². The van der Waals surface area contributed by atoms with Gasteiger partial charge in [0.1, 0.15) is 11.6 Å². The molecule has 1 aliphatic carbocycles. The Kier molecular flexibility index (Phi) is 4.83. The van der Waals surface area contributed by atoms with Crippen LogP contribution in [0.1, 0.15) is 50.1 Å². The monoisotopic (exact) mass is 360 g/mol. The lowest BCUT2D eigenvalue weighted by Gasteiger charge is -2.33. The zero-order valence-corrected chi connectivity index (χ0v) is 14.9. The second kappa shape index (κ2) is 7.25. The molecule has 1 aromatic carbocycles. The summed E-state index contributed by atoms with van der Waals surface area (Å²) < 4.78 is 19.1. The van der Waals surface area contributed by atoms with Crippen molar-refractivity contribution in [3.8, 4) is 5.75 Å². The number of piperidine rings is 1. The average Bonchev–Trinajstić information content (AvgIpc) is 3.49. The number of ether oxygens (including phenoxy) is 1. The van der Waals surface area contributed by atoms with E-state index in [2.05, 4.69) is 5.32 Å². The van der Waals surface area contributed by atoms with Crippen molar-refractivity contribution in [2.75, 3.05) is 19.7 Å². The number of halogens is 1. The fourth-order valence-electron chi connectivity index (χ4n) is 3.97. The van der Waals surface area contributed by atoms with Crippen molar-refractivity contribution in [1.29, 1.82) is 0 Å². The summed E-state index contributed by atoms with van der Waals surface area (Å²) in [4.78, 5) is 27.0. The van der Waals surface area contributed by atoms with Crippen molar-refractivity contribution >= 4 is 11.8 Å². The number of amides is 2. The topological polar surface area (TPSA) is 58.6 Å². The molecule has 0 unspecified atom stereocenters. The molecule has 0 bridgehead atoms. The minimum absolute atomic E-state index is 0.0135. The number of nitrogens with one attached hydrogen (secondary N) is 1. The molecule has 2 heterocycles. The lowest BCUT2D eigenvalue weighted by atomic mass is 9.95. The number of nitrogens with zero attached hydrogens (tertiary/aromatic N) is 1. The van der Waals surface area contributed by atoms with E-state index >= 15 is 0 Å². The summed E-state index contributed by atoms with van der Waals surface area (Å²) in [6.45, 7) is 1.80. The second-order valence-corrected chi connectivity index (χ2v) is 7.63. The van der Waals surface area contributed by atoms with Crippen molar-refractivity contribution in [1.82, 2.24) is 10.2 Å². The number of carbonyl (C=O) groups is 2. The van der Waals surface area contributed by atoms with Gasteiger partial charge in [0, 0.05) is 30.6 Å². The number of benzene rings is 1. The highest BCUT2D eigenvalue weighted by Gasteiger charge is 2.37. The van der Waals surface area contributed by atoms with Crippen molar-refractivity contribution in [3.05, 3.63) is 29.6 Å². The molecule has 4 rings (SSSR count). The fourth-order valence-corrected chi connectivity index (χ4v) is 3.97. The molecule has 26 heavy (non-hydrogen) atoms. The van der Waals surface area contributed by atoms with E-state index in [1.807, 2.05) is 4.90 Å². The third kappa shape index (κ3) is 3.69. The molecule has 1 aromatic rings. The zero-order valence-electron chi connectivity index (χ0n) is 14.9. The molecule has 2 amide bonds. The molecular formula is C20H25FN2O3. The Balaban J connectivity index is 1.43. The zero-order chi connectivity index (χ0) is 18.1. The molecular weight excluding hydrogens is 335 g/mol. The van der Waals surface area contributed by atoms with Gasteiger partial charge >= 0.3 is 0 Å². The van der Waals surface area contributed by atoms with Gasteiger partial charge in [-0.3, -0.25) is 9.59 Å². The Morgan fingerprint density at radius 2 is 1.96 bits per heavy atom. The molecule has 2 atom stereocenters. The molecule has 0 spiro atoms. The van der Waals surface area contributed by atoms with Crippen molar-refractivity contribution in [3.63, 3.8) is 0 Å². The van der Waals surface area contributed by atoms with Crippen LogP contribution in [0.2, 0.25) is 0 Å². The van der Waals surface area contributed by atoms with Crippen LogP contribution in [0.25, 0.3) is 0 Å². The van der Waals surface area contributed by atoms with Crippen molar-refractivity contribution in [2.24, 2.45) is 11.8 Å². The third-order valence-corrected chi connectivity index (χ3v) is 5.59. The fraction of sp³-hybridized carbons (Fsp3) is 0.600. The summed E-state index contributed by atoms with van der Waals surface area (Å²) in [5.74, 6) is 0.406. The van der Waals surface area contributed by atoms with Crippen LogP contribution in [-0.2, 0) is 9.59 Å². The Labute approximate surface area is 152 Å². The third-order valence-electron chi connectivity index (χ3n) is 5.59.